The first kappa shape index (κ1) is 16.7. The molecule has 0 amide bonds. The number of alkyl halides is 3. The molecule has 1 aliphatic heterocycles. The van der Waals surface area contributed by atoms with Crippen LogP contribution in [0.5, 0.6) is 0 Å². The molecule has 1 aliphatic rings. The molecule has 114 valence electrons. The van der Waals surface area contributed by atoms with Crippen molar-refractivity contribution in [2.45, 2.75) is 31.2 Å². The van der Waals surface area contributed by atoms with Gasteiger partial charge in [0.05, 0.1) is 6.10 Å². The van der Waals surface area contributed by atoms with Crippen molar-refractivity contribution in [1.82, 2.24) is 9.80 Å². The van der Waals surface area contributed by atoms with Crippen molar-refractivity contribution in [2.24, 2.45) is 0 Å². The van der Waals surface area contributed by atoms with E-state index in [0.29, 0.717) is 19.5 Å². The predicted molar refractivity (Wildman–Crippen MR) is 66.0 cm³/mol. The quantitative estimate of drug-likeness (QED) is 0.706. The second kappa shape index (κ2) is 7.42. The summed E-state index contributed by atoms with van der Waals surface area (Å²) in [6.45, 7) is 1.02. The van der Waals surface area contributed by atoms with E-state index in [9.17, 15) is 18.3 Å². The average molecular weight is 284 g/mol. The molecule has 0 saturated carbocycles. The fourth-order valence-electron chi connectivity index (χ4n) is 2.40. The predicted octanol–water partition coefficient (Wildman–Crippen LogP) is 0.952. The molecule has 0 bridgehead atoms. The van der Waals surface area contributed by atoms with Gasteiger partial charge in [-0.05, 0) is 26.9 Å². The molecule has 1 saturated heterocycles. The minimum Gasteiger partial charge on any atom is -0.392 e. The maximum atomic E-state index is 11.9. The zero-order chi connectivity index (χ0) is 14.5. The Balaban J connectivity index is 2.20. The van der Waals surface area contributed by atoms with Crippen LogP contribution in [0.15, 0.2) is 0 Å². The Hall–Kier alpha value is -0.370. The van der Waals surface area contributed by atoms with Gasteiger partial charge in [-0.25, -0.2) is 0 Å². The van der Waals surface area contributed by atoms with E-state index in [1.165, 1.54) is 0 Å². The van der Waals surface area contributed by atoms with E-state index < -0.39 is 12.8 Å². The van der Waals surface area contributed by atoms with E-state index in [1.807, 2.05) is 14.1 Å². The first-order valence-electron chi connectivity index (χ1n) is 6.49. The Bertz CT molecular complexity index is 262. The van der Waals surface area contributed by atoms with Crippen molar-refractivity contribution < 1.29 is 23.0 Å². The molecule has 1 N–H and O–H groups in total. The lowest BCUT2D eigenvalue weighted by Gasteiger charge is -2.26. The van der Waals surface area contributed by atoms with E-state index >= 15 is 0 Å². The summed E-state index contributed by atoms with van der Waals surface area (Å²) in [5, 5.41) is 9.65. The van der Waals surface area contributed by atoms with Crippen LogP contribution in [0.1, 0.15) is 12.8 Å². The van der Waals surface area contributed by atoms with Crippen LogP contribution < -0.4 is 0 Å². The van der Waals surface area contributed by atoms with Gasteiger partial charge in [0.15, 0.2) is 0 Å². The number of nitrogens with zero attached hydrogens (tertiary/aromatic N) is 2. The highest BCUT2D eigenvalue weighted by atomic mass is 19.4. The van der Waals surface area contributed by atoms with E-state index in [-0.39, 0.29) is 18.8 Å². The highest BCUT2D eigenvalue weighted by molar-refractivity contribution is 4.86. The van der Waals surface area contributed by atoms with Gasteiger partial charge in [0, 0.05) is 32.3 Å². The summed E-state index contributed by atoms with van der Waals surface area (Å²) in [6, 6.07) is 0.271. The van der Waals surface area contributed by atoms with E-state index in [2.05, 4.69) is 14.5 Å². The zero-order valence-corrected chi connectivity index (χ0v) is 11.5. The van der Waals surface area contributed by atoms with E-state index in [4.69, 9.17) is 0 Å². The molecule has 0 radical (unpaired) electrons. The number of aliphatic hydroxyl groups is 1. The third-order valence-corrected chi connectivity index (χ3v) is 3.08. The van der Waals surface area contributed by atoms with E-state index in [0.717, 1.165) is 13.0 Å². The summed E-state index contributed by atoms with van der Waals surface area (Å²) >= 11 is 0. The Labute approximate surface area is 112 Å². The number of likely N-dealkylation sites (tertiary alicyclic amines) is 1. The molecule has 4 nitrogen and oxygen atoms in total. The number of ether oxygens (including phenoxy) is 1. The Morgan fingerprint density at radius 3 is 2.63 bits per heavy atom. The second-order valence-electron chi connectivity index (χ2n) is 5.32. The van der Waals surface area contributed by atoms with Crippen LogP contribution >= 0.6 is 0 Å². The molecule has 0 aromatic heterocycles. The lowest BCUT2D eigenvalue weighted by atomic mass is 10.2. The SMILES string of the molecule is CN(C)CC1CC(O)CN1CCCOCC(F)(F)F. The van der Waals surface area contributed by atoms with Gasteiger partial charge in [0.1, 0.15) is 6.61 Å². The van der Waals surface area contributed by atoms with Gasteiger partial charge in [0.2, 0.25) is 0 Å². The summed E-state index contributed by atoms with van der Waals surface area (Å²) in [5.41, 5.74) is 0. The number of aliphatic hydroxyl groups excluding tert-OH is 1. The smallest absolute Gasteiger partial charge is 0.392 e. The van der Waals surface area contributed by atoms with E-state index in [1.54, 1.807) is 0 Å². The maximum absolute atomic E-state index is 11.9. The number of likely N-dealkylation sites (N-methyl/N-ethyl adjacent to an activating group) is 1. The molecule has 0 aromatic carbocycles. The molecule has 1 fully saturated rings. The van der Waals surface area contributed by atoms with Gasteiger partial charge in [-0.1, -0.05) is 0 Å². The molecular weight excluding hydrogens is 261 g/mol. The molecule has 0 aromatic rings. The van der Waals surface area contributed by atoms with Crippen LogP contribution in [0.3, 0.4) is 0 Å². The third-order valence-electron chi connectivity index (χ3n) is 3.08. The summed E-state index contributed by atoms with van der Waals surface area (Å²) in [7, 11) is 3.94. The minimum atomic E-state index is -4.25. The monoisotopic (exact) mass is 284 g/mol. The van der Waals surface area contributed by atoms with Crippen LogP contribution in [0.4, 0.5) is 13.2 Å². The highest BCUT2D eigenvalue weighted by Gasteiger charge is 2.31. The van der Waals surface area contributed by atoms with Crippen molar-refractivity contribution in [2.75, 3.05) is 46.9 Å². The average Bonchev–Trinajstić information content (AvgIpc) is 2.55. The van der Waals surface area contributed by atoms with Crippen LogP contribution in [0.25, 0.3) is 0 Å². The van der Waals surface area contributed by atoms with Gasteiger partial charge in [-0.2, -0.15) is 13.2 Å². The van der Waals surface area contributed by atoms with Crippen molar-refractivity contribution in [3.8, 4) is 0 Å². The van der Waals surface area contributed by atoms with Crippen LogP contribution in [-0.4, -0.2) is 80.2 Å². The first-order chi connectivity index (χ1) is 8.78. The minimum absolute atomic E-state index is 0.0980. The van der Waals surface area contributed by atoms with Crippen molar-refractivity contribution in [3.05, 3.63) is 0 Å². The highest BCUT2D eigenvalue weighted by Crippen LogP contribution is 2.19. The third kappa shape index (κ3) is 7.10. The van der Waals surface area contributed by atoms with Gasteiger partial charge in [-0.3, -0.25) is 4.90 Å². The summed E-state index contributed by atoms with van der Waals surface area (Å²) in [6.07, 6.45) is -3.31. The van der Waals surface area contributed by atoms with Crippen LogP contribution in [-0.2, 0) is 4.74 Å². The molecule has 19 heavy (non-hydrogen) atoms. The fourth-order valence-corrected chi connectivity index (χ4v) is 2.40. The summed E-state index contributed by atoms with van der Waals surface area (Å²) in [5.74, 6) is 0. The van der Waals surface area contributed by atoms with Gasteiger partial charge in [-0.15, -0.1) is 0 Å². The fraction of sp³-hybridized carbons (Fsp3) is 1.00. The maximum Gasteiger partial charge on any atom is 0.411 e. The van der Waals surface area contributed by atoms with Crippen LogP contribution in [0, 0.1) is 0 Å². The largest absolute Gasteiger partial charge is 0.411 e. The molecule has 2 unspecified atom stereocenters. The van der Waals surface area contributed by atoms with Gasteiger partial charge < -0.3 is 14.7 Å². The number of halogens is 3. The van der Waals surface area contributed by atoms with Crippen molar-refractivity contribution >= 4 is 0 Å². The second-order valence-corrected chi connectivity index (χ2v) is 5.32. The number of β-amino-alcohol motifs (C(OH)–C–C–N with tert-alkyl or cyclic N) is 1. The molecule has 1 heterocycles. The normalized spacial score (nSPS) is 25.4. The Kier molecular flexibility index (Phi) is 6.52. The molecule has 7 heteroatoms. The number of hydrogen-bond acceptors (Lipinski definition) is 4. The van der Waals surface area contributed by atoms with Gasteiger partial charge >= 0.3 is 6.18 Å². The molecule has 0 spiro atoms. The topological polar surface area (TPSA) is 35.9 Å². The van der Waals surface area contributed by atoms with Crippen molar-refractivity contribution in [3.63, 3.8) is 0 Å². The van der Waals surface area contributed by atoms with Gasteiger partial charge in [0.25, 0.3) is 0 Å². The zero-order valence-electron chi connectivity index (χ0n) is 11.5. The lowest BCUT2D eigenvalue weighted by molar-refractivity contribution is -0.174. The molecular formula is C12H23F3N2O2. The molecule has 2 atom stereocenters. The van der Waals surface area contributed by atoms with Crippen molar-refractivity contribution in [1.29, 1.82) is 0 Å². The van der Waals surface area contributed by atoms with Crippen LogP contribution in [0.2, 0.25) is 0 Å². The lowest BCUT2D eigenvalue weighted by Crippen LogP contribution is -2.38. The molecule has 0 aliphatic carbocycles. The number of hydrogen-bond donors (Lipinski definition) is 1. The molecule has 1 rings (SSSR count). The standard InChI is InChI=1S/C12H23F3N2O2/c1-16(2)7-10-6-11(18)8-17(10)4-3-5-19-9-12(13,14)15/h10-11,18H,3-9H2,1-2H3. The first-order valence-corrected chi connectivity index (χ1v) is 6.49. The Morgan fingerprint density at radius 1 is 1.37 bits per heavy atom. The summed E-state index contributed by atoms with van der Waals surface area (Å²) < 4.78 is 40.2. The number of rotatable bonds is 7. The Morgan fingerprint density at radius 2 is 2.05 bits per heavy atom. The summed E-state index contributed by atoms with van der Waals surface area (Å²) in [4.78, 5) is 4.18.